The smallest absolute Gasteiger partial charge is 0.407 e. The van der Waals surface area contributed by atoms with Crippen LogP contribution in [0.4, 0.5) is 4.79 Å². The molecule has 2 N–H and O–H groups in total. The molecule has 0 aliphatic heterocycles. The van der Waals surface area contributed by atoms with E-state index in [1.54, 1.807) is 25.7 Å². The quantitative estimate of drug-likeness (QED) is 0.706. The molecular formula is C9H18N2O3S. The zero-order valence-electron chi connectivity index (χ0n) is 9.33. The maximum atomic E-state index is 11.4. The number of hydrogen-bond donors (Lipinski definition) is 2. The number of hydrogen-bond acceptors (Lipinski definition) is 4. The Kier molecular flexibility index (Phi) is 7.89. The predicted octanol–water partition coefficient (Wildman–Crippen LogP) is 0.600. The highest BCUT2D eigenvalue weighted by atomic mass is 32.2. The number of likely N-dealkylation sites (N-methyl/N-ethyl adjacent to an activating group) is 1. The van der Waals surface area contributed by atoms with Gasteiger partial charge in [-0.3, -0.25) is 4.79 Å². The fraction of sp³-hybridized carbons (Fsp3) is 0.778. The molecule has 2 amide bonds. The molecule has 88 valence electrons. The monoisotopic (exact) mass is 234 g/mol. The van der Waals surface area contributed by atoms with Crippen LogP contribution in [0.25, 0.3) is 0 Å². The van der Waals surface area contributed by atoms with Crippen molar-refractivity contribution in [3.63, 3.8) is 0 Å². The topological polar surface area (TPSA) is 67.4 Å². The van der Waals surface area contributed by atoms with Crippen molar-refractivity contribution in [2.75, 3.05) is 25.7 Å². The Morgan fingerprint density at radius 2 is 2.13 bits per heavy atom. The van der Waals surface area contributed by atoms with Gasteiger partial charge >= 0.3 is 6.09 Å². The molecule has 0 heterocycles. The lowest BCUT2D eigenvalue weighted by Crippen LogP contribution is -2.46. The maximum Gasteiger partial charge on any atom is 0.407 e. The summed E-state index contributed by atoms with van der Waals surface area (Å²) in [7, 11) is 1.54. The van der Waals surface area contributed by atoms with Gasteiger partial charge in [-0.05, 0) is 25.4 Å². The van der Waals surface area contributed by atoms with E-state index >= 15 is 0 Å². The third kappa shape index (κ3) is 6.22. The van der Waals surface area contributed by atoms with Crippen molar-refractivity contribution in [2.45, 2.75) is 19.4 Å². The van der Waals surface area contributed by atoms with Crippen LogP contribution in [0.15, 0.2) is 0 Å². The van der Waals surface area contributed by atoms with Gasteiger partial charge in [-0.1, -0.05) is 0 Å². The van der Waals surface area contributed by atoms with Crippen LogP contribution in [0.1, 0.15) is 13.3 Å². The molecule has 0 bridgehead atoms. The summed E-state index contributed by atoms with van der Waals surface area (Å²) in [5, 5.41) is 5.02. The molecule has 0 spiro atoms. The van der Waals surface area contributed by atoms with Crippen LogP contribution < -0.4 is 10.6 Å². The fourth-order valence-corrected chi connectivity index (χ4v) is 1.47. The minimum atomic E-state index is -0.549. The van der Waals surface area contributed by atoms with Gasteiger partial charge in [0.2, 0.25) is 5.91 Å². The van der Waals surface area contributed by atoms with E-state index in [1.165, 1.54) is 0 Å². The molecule has 0 aromatic carbocycles. The average Bonchev–Trinajstić information content (AvgIpc) is 2.23. The van der Waals surface area contributed by atoms with Gasteiger partial charge < -0.3 is 15.4 Å². The summed E-state index contributed by atoms with van der Waals surface area (Å²) < 4.78 is 4.71. The van der Waals surface area contributed by atoms with Gasteiger partial charge in [0.1, 0.15) is 6.04 Å². The van der Waals surface area contributed by atoms with Gasteiger partial charge in [0.15, 0.2) is 0 Å². The van der Waals surface area contributed by atoms with Crippen molar-refractivity contribution in [3.8, 4) is 0 Å². The van der Waals surface area contributed by atoms with Gasteiger partial charge in [0.25, 0.3) is 0 Å². The van der Waals surface area contributed by atoms with Crippen LogP contribution >= 0.6 is 11.8 Å². The van der Waals surface area contributed by atoms with Gasteiger partial charge in [0.05, 0.1) is 6.61 Å². The van der Waals surface area contributed by atoms with Gasteiger partial charge in [0, 0.05) is 7.05 Å². The predicted molar refractivity (Wildman–Crippen MR) is 61.0 cm³/mol. The minimum absolute atomic E-state index is 0.197. The van der Waals surface area contributed by atoms with E-state index in [2.05, 4.69) is 10.6 Å². The molecule has 1 atom stereocenters. The van der Waals surface area contributed by atoms with Crippen LogP contribution in [-0.2, 0) is 9.53 Å². The van der Waals surface area contributed by atoms with Crippen molar-refractivity contribution < 1.29 is 14.3 Å². The maximum absolute atomic E-state index is 11.4. The van der Waals surface area contributed by atoms with E-state index in [0.717, 1.165) is 5.75 Å². The Morgan fingerprint density at radius 1 is 1.47 bits per heavy atom. The molecular weight excluding hydrogens is 216 g/mol. The first-order chi connectivity index (χ1) is 7.15. The average molecular weight is 234 g/mol. The summed E-state index contributed by atoms with van der Waals surface area (Å²) in [5.41, 5.74) is 0. The van der Waals surface area contributed by atoms with Gasteiger partial charge in [-0.2, -0.15) is 11.8 Å². The summed E-state index contributed by atoms with van der Waals surface area (Å²) in [5.74, 6) is 0.613. The summed E-state index contributed by atoms with van der Waals surface area (Å²) in [6, 6.07) is -0.513. The molecule has 0 saturated heterocycles. The summed E-state index contributed by atoms with van der Waals surface area (Å²) >= 11 is 1.63. The molecule has 0 aliphatic carbocycles. The largest absolute Gasteiger partial charge is 0.450 e. The minimum Gasteiger partial charge on any atom is -0.450 e. The van der Waals surface area contributed by atoms with Crippen LogP contribution in [0.2, 0.25) is 0 Å². The number of nitrogens with one attached hydrogen (secondary N) is 2. The molecule has 5 nitrogen and oxygen atoms in total. The second-order valence-electron chi connectivity index (χ2n) is 2.81. The van der Waals surface area contributed by atoms with Crippen molar-refractivity contribution >= 4 is 23.8 Å². The van der Waals surface area contributed by atoms with Crippen molar-refractivity contribution in [1.29, 1.82) is 0 Å². The molecule has 0 unspecified atom stereocenters. The normalized spacial score (nSPS) is 11.7. The van der Waals surface area contributed by atoms with Gasteiger partial charge in [-0.15, -0.1) is 0 Å². The van der Waals surface area contributed by atoms with Crippen LogP contribution in [0.5, 0.6) is 0 Å². The Balaban J connectivity index is 4.11. The van der Waals surface area contributed by atoms with Gasteiger partial charge in [-0.25, -0.2) is 4.79 Å². The Labute approximate surface area is 94.3 Å². The molecule has 0 aromatic rings. The Hall–Kier alpha value is -0.910. The second-order valence-corrected chi connectivity index (χ2v) is 3.80. The highest BCUT2D eigenvalue weighted by Gasteiger charge is 2.19. The highest BCUT2D eigenvalue weighted by molar-refractivity contribution is 7.98. The van der Waals surface area contributed by atoms with E-state index < -0.39 is 12.1 Å². The Bertz CT molecular complexity index is 212. The summed E-state index contributed by atoms with van der Waals surface area (Å²) in [6.45, 7) is 2.02. The molecule has 0 aromatic heterocycles. The van der Waals surface area contributed by atoms with E-state index in [1.807, 2.05) is 6.26 Å². The lowest BCUT2D eigenvalue weighted by atomic mass is 10.2. The molecule has 0 fully saturated rings. The number of rotatable bonds is 6. The number of thioether (sulfide) groups is 1. The molecule has 0 rings (SSSR count). The second kappa shape index (κ2) is 8.40. The molecule has 6 heteroatoms. The van der Waals surface area contributed by atoms with E-state index in [9.17, 15) is 9.59 Å². The van der Waals surface area contributed by atoms with Crippen molar-refractivity contribution in [1.82, 2.24) is 10.6 Å². The third-order valence-corrected chi connectivity index (χ3v) is 2.39. The lowest BCUT2D eigenvalue weighted by molar-refractivity contribution is -0.122. The fourth-order valence-electron chi connectivity index (χ4n) is 0.994. The van der Waals surface area contributed by atoms with Crippen LogP contribution in [-0.4, -0.2) is 43.7 Å². The van der Waals surface area contributed by atoms with E-state index in [4.69, 9.17) is 4.74 Å². The molecule has 15 heavy (non-hydrogen) atoms. The number of ether oxygens (including phenoxy) is 1. The van der Waals surface area contributed by atoms with Crippen molar-refractivity contribution in [2.24, 2.45) is 0 Å². The van der Waals surface area contributed by atoms with Crippen LogP contribution in [0, 0.1) is 0 Å². The number of amides is 2. The van der Waals surface area contributed by atoms with E-state index in [0.29, 0.717) is 13.0 Å². The zero-order chi connectivity index (χ0) is 11.7. The van der Waals surface area contributed by atoms with Crippen molar-refractivity contribution in [3.05, 3.63) is 0 Å². The third-order valence-electron chi connectivity index (χ3n) is 1.74. The molecule has 0 radical (unpaired) electrons. The Morgan fingerprint density at radius 3 is 2.60 bits per heavy atom. The standard InChI is InChI=1S/C9H18N2O3S/c1-4-14-9(13)11-7(5-6-15-3)8(12)10-2/h7H,4-6H2,1-3H3,(H,10,12)(H,11,13)/t7-/m1/s1. The first-order valence-electron chi connectivity index (χ1n) is 4.79. The number of carbonyl (C=O) groups excluding carboxylic acids is 2. The highest BCUT2D eigenvalue weighted by Crippen LogP contribution is 2.01. The first kappa shape index (κ1) is 14.1. The van der Waals surface area contributed by atoms with E-state index in [-0.39, 0.29) is 5.91 Å². The lowest BCUT2D eigenvalue weighted by Gasteiger charge is -2.16. The van der Waals surface area contributed by atoms with Crippen LogP contribution in [0.3, 0.4) is 0 Å². The number of alkyl carbamates (subject to hydrolysis) is 1. The molecule has 0 saturated carbocycles. The summed E-state index contributed by atoms with van der Waals surface area (Å²) in [6.07, 6.45) is 2.00. The molecule has 0 aliphatic rings. The summed E-state index contributed by atoms with van der Waals surface area (Å²) in [4.78, 5) is 22.5. The zero-order valence-corrected chi connectivity index (χ0v) is 10.1. The first-order valence-corrected chi connectivity index (χ1v) is 6.18. The number of carbonyl (C=O) groups is 2. The SMILES string of the molecule is CCOC(=O)N[C@H](CCSC)C(=O)NC.